The summed E-state index contributed by atoms with van der Waals surface area (Å²) in [4.78, 5) is 17.9. The van der Waals surface area contributed by atoms with E-state index in [0.29, 0.717) is 12.5 Å². The summed E-state index contributed by atoms with van der Waals surface area (Å²) in [6.07, 6.45) is 2.92. The van der Waals surface area contributed by atoms with Crippen molar-refractivity contribution >= 4 is 5.97 Å². The second-order valence-corrected chi connectivity index (χ2v) is 6.06. The molecule has 0 aliphatic carbocycles. The highest BCUT2D eigenvalue weighted by molar-refractivity contribution is 5.66. The first-order chi connectivity index (χ1) is 11.2. The van der Waals surface area contributed by atoms with Crippen LogP contribution >= 0.6 is 0 Å². The predicted molar refractivity (Wildman–Crippen MR) is 89.0 cm³/mol. The van der Waals surface area contributed by atoms with Gasteiger partial charge in [0.15, 0.2) is 0 Å². The van der Waals surface area contributed by atoms with Gasteiger partial charge < -0.3 is 5.11 Å². The third kappa shape index (κ3) is 4.17. The van der Waals surface area contributed by atoms with E-state index < -0.39 is 5.97 Å². The minimum atomic E-state index is -0.774. The van der Waals surface area contributed by atoms with Crippen LogP contribution < -0.4 is 0 Å². The lowest BCUT2D eigenvalue weighted by Gasteiger charge is -2.24. The van der Waals surface area contributed by atoms with Gasteiger partial charge in [-0.15, -0.1) is 0 Å². The summed E-state index contributed by atoms with van der Waals surface area (Å²) in [7, 11) is 0. The van der Waals surface area contributed by atoms with Gasteiger partial charge in [-0.2, -0.15) is 0 Å². The molecule has 0 saturated carbocycles. The van der Waals surface area contributed by atoms with Gasteiger partial charge in [0, 0.05) is 18.7 Å². The molecule has 1 N–H and O–H groups in total. The van der Waals surface area contributed by atoms with Crippen molar-refractivity contribution in [2.24, 2.45) is 0 Å². The highest BCUT2D eigenvalue weighted by Crippen LogP contribution is 2.32. The minimum Gasteiger partial charge on any atom is -0.481 e. The molecule has 0 spiro atoms. The molecule has 1 fully saturated rings. The molecule has 0 radical (unpaired) electrons. The second-order valence-electron chi connectivity index (χ2n) is 6.06. The summed E-state index contributed by atoms with van der Waals surface area (Å²) in [5.41, 5.74) is 3.26. The Morgan fingerprint density at radius 2 is 2.00 bits per heavy atom. The fourth-order valence-corrected chi connectivity index (χ4v) is 3.23. The molecule has 1 unspecified atom stereocenters. The number of carbonyl (C=O) groups is 1. The van der Waals surface area contributed by atoms with E-state index in [2.05, 4.69) is 35.2 Å². The summed E-state index contributed by atoms with van der Waals surface area (Å²) in [5.74, 6) is -0.774. The molecule has 1 aromatic carbocycles. The van der Waals surface area contributed by atoms with E-state index in [1.807, 2.05) is 18.2 Å². The zero-order valence-corrected chi connectivity index (χ0v) is 13.2. The normalized spacial score (nSPS) is 18.2. The lowest BCUT2D eigenvalue weighted by molar-refractivity contribution is -0.136. The van der Waals surface area contributed by atoms with E-state index in [0.717, 1.165) is 30.9 Å². The summed E-state index contributed by atoms with van der Waals surface area (Å²) < 4.78 is 0. The molecule has 1 aromatic heterocycles. The first-order valence-corrected chi connectivity index (χ1v) is 8.18. The Kier molecular flexibility index (Phi) is 5.03. The Morgan fingerprint density at radius 1 is 1.17 bits per heavy atom. The quantitative estimate of drug-likeness (QED) is 0.888. The van der Waals surface area contributed by atoms with Crippen LogP contribution in [0.1, 0.15) is 42.3 Å². The van der Waals surface area contributed by atoms with Crippen molar-refractivity contribution in [3.63, 3.8) is 0 Å². The van der Waals surface area contributed by atoms with Gasteiger partial charge in [0.2, 0.25) is 0 Å². The number of carboxylic acids is 1. The number of aromatic nitrogens is 1. The molecule has 0 bridgehead atoms. The first-order valence-electron chi connectivity index (χ1n) is 8.18. The zero-order chi connectivity index (χ0) is 16.1. The van der Waals surface area contributed by atoms with E-state index in [1.165, 1.54) is 12.0 Å². The number of hydrogen-bond acceptors (Lipinski definition) is 3. The van der Waals surface area contributed by atoms with Gasteiger partial charge in [-0.1, -0.05) is 36.4 Å². The monoisotopic (exact) mass is 310 g/mol. The molecule has 23 heavy (non-hydrogen) atoms. The maximum absolute atomic E-state index is 10.7. The lowest BCUT2D eigenvalue weighted by Crippen LogP contribution is -2.23. The standard InChI is InChI=1S/C19H22N2O2/c22-19(23)12-11-16-8-4-9-17(20-16)18-10-5-13-21(18)14-15-6-2-1-3-7-15/h1-4,6-9,18H,5,10-14H2,(H,22,23). The number of hydrogen-bond donors (Lipinski definition) is 1. The summed E-state index contributed by atoms with van der Waals surface area (Å²) >= 11 is 0. The summed E-state index contributed by atoms with van der Waals surface area (Å²) in [5, 5.41) is 8.83. The Morgan fingerprint density at radius 3 is 2.78 bits per heavy atom. The number of likely N-dealkylation sites (tertiary alicyclic amines) is 1. The highest BCUT2D eigenvalue weighted by atomic mass is 16.4. The van der Waals surface area contributed by atoms with Crippen LogP contribution in [0.2, 0.25) is 0 Å². The second kappa shape index (κ2) is 7.38. The Bertz CT molecular complexity index is 657. The number of nitrogens with zero attached hydrogens (tertiary/aromatic N) is 2. The molecular formula is C19H22N2O2. The molecule has 3 rings (SSSR count). The van der Waals surface area contributed by atoms with Crippen molar-refractivity contribution in [1.29, 1.82) is 0 Å². The third-order valence-corrected chi connectivity index (χ3v) is 4.36. The maximum atomic E-state index is 10.7. The molecular weight excluding hydrogens is 288 g/mol. The number of aliphatic carboxylic acids is 1. The number of rotatable bonds is 6. The zero-order valence-electron chi connectivity index (χ0n) is 13.2. The van der Waals surface area contributed by atoms with Crippen molar-refractivity contribution in [3.8, 4) is 0 Å². The van der Waals surface area contributed by atoms with Gasteiger partial charge in [-0.05, 0) is 37.1 Å². The predicted octanol–water partition coefficient (Wildman–Crippen LogP) is 3.44. The molecule has 120 valence electrons. The number of aryl methyl sites for hydroxylation is 1. The SMILES string of the molecule is O=C(O)CCc1cccc(C2CCCN2Cc2ccccc2)n1. The topological polar surface area (TPSA) is 53.4 Å². The van der Waals surface area contributed by atoms with Crippen molar-refractivity contribution in [2.75, 3.05) is 6.54 Å². The van der Waals surface area contributed by atoms with Crippen LogP contribution in [0.5, 0.6) is 0 Å². The van der Waals surface area contributed by atoms with E-state index in [9.17, 15) is 4.79 Å². The summed E-state index contributed by atoms with van der Waals surface area (Å²) in [6.45, 7) is 2.02. The Balaban J connectivity index is 1.72. The van der Waals surface area contributed by atoms with Crippen LogP contribution in [0.3, 0.4) is 0 Å². The first kappa shape index (κ1) is 15.7. The van der Waals surface area contributed by atoms with E-state index in [1.54, 1.807) is 0 Å². The lowest BCUT2D eigenvalue weighted by atomic mass is 10.1. The summed E-state index contributed by atoms with van der Waals surface area (Å²) in [6, 6.07) is 16.8. The van der Waals surface area contributed by atoms with Gasteiger partial charge in [0.1, 0.15) is 0 Å². The molecule has 4 nitrogen and oxygen atoms in total. The molecule has 1 saturated heterocycles. The van der Waals surface area contributed by atoms with Crippen LogP contribution in [0.4, 0.5) is 0 Å². The van der Waals surface area contributed by atoms with Crippen LogP contribution in [-0.4, -0.2) is 27.5 Å². The molecule has 1 aliphatic rings. The van der Waals surface area contributed by atoms with Crippen LogP contribution in [-0.2, 0) is 17.8 Å². The van der Waals surface area contributed by atoms with E-state index in [4.69, 9.17) is 10.1 Å². The molecule has 2 aromatic rings. The number of pyridine rings is 1. The number of benzene rings is 1. The van der Waals surface area contributed by atoms with Gasteiger partial charge >= 0.3 is 5.97 Å². The average Bonchev–Trinajstić information content (AvgIpc) is 3.02. The van der Waals surface area contributed by atoms with Crippen molar-refractivity contribution in [3.05, 3.63) is 65.5 Å². The Labute approximate surface area is 136 Å². The molecule has 1 atom stereocenters. The van der Waals surface area contributed by atoms with Crippen LogP contribution in [0.25, 0.3) is 0 Å². The third-order valence-electron chi connectivity index (χ3n) is 4.36. The van der Waals surface area contributed by atoms with E-state index in [-0.39, 0.29) is 6.42 Å². The van der Waals surface area contributed by atoms with Crippen LogP contribution in [0.15, 0.2) is 48.5 Å². The highest BCUT2D eigenvalue weighted by Gasteiger charge is 2.27. The van der Waals surface area contributed by atoms with Gasteiger partial charge in [-0.3, -0.25) is 14.7 Å². The average molecular weight is 310 g/mol. The largest absolute Gasteiger partial charge is 0.481 e. The fourth-order valence-electron chi connectivity index (χ4n) is 3.23. The van der Waals surface area contributed by atoms with Gasteiger partial charge in [0.25, 0.3) is 0 Å². The van der Waals surface area contributed by atoms with Crippen molar-refractivity contribution in [2.45, 2.75) is 38.3 Å². The molecule has 1 aliphatic heterocycles. The Hall–Kier alpha value is -2.20. The molecule has 2 heterocycles. The minimum absolute atomic E-state index is 0.134. The molecule has 4 heteroatoms. The van der Waals surface area contributed by atoms with Crippen molar-refractivity contribution < 1.29 is 9.90 Å². The smallest absolute Gasteiger partial charge is 0.303 e. The molecule has 0 amide bonds. The van der Waals surface area contributed by atoms with Crippen LogP contribution in [0, 0.1) is 0 Å². The maximum Gasteiger partial charge on any atom is 0.303 e. The van der Waals surface area contributed by atoms with Crippen molar-refractivity contribution in [1.82, 2.24) is 9.88 Å². The van der Waals surface area contributed by atoms with Gasteiger partial charge in [-0.25, -0.2) is 0 Å². The van der Waals surface area contributed by atoms with E-state index >= 15 is 0 Å². The fraction of sp³-hybridized carbons (Fsp3) is 0.368. The number of carboxylic acid groups (broad SMARTS) is 1. The van der Waals surface area contributed by atoms with Gasteiger partial charge in [0.05, 0.1) is 18.2 Å².